The number of benzene rings is 8. The van der Waals surface area contributed by atoms with Gasteiger partial charge in [-0.1, -0.05) is 78.4 Å². The van der Waals surface area contributed by atoms with E-state index < -0.39 is 11.9 Å². The van der Waals surface area contributed by atoms with E-state index >= 15 is 0 Å². The average Bonchev–Trinajstić information content (AvgIpc) is 1.57. The van der Waals surface area contributed by atoms with Crippen LogP contribution in [0.2, 0.25) is 0 Å². The molecule has 0 spiro atoms. The van der Waals surface area contributed by atoms with Crippen LogP contribution in [0, 0.1) is 68.8 Å². The van der Waals surface area contributed by atoms with Gasteiger partial charge in [0.1, 0.15) is 11.9 Å². The predicted molar refractivity (Wildman–Crippen MR) is 356 cm³/mol. The summed E-state index contributed by atoms with van der Waals surface area (Å²) in [6, 6.07) is 90.5. The SMILES string of the molecule is Cc1cccc(C)c1-n1ccnc1-c1[c-]cccc1.Cn1ccnc1-c1[c-]cccc1.Cn1ccnc1-c1[c-]cccc1.Fc1c[c-]c(-c2ccccn2)c(F)n1.[Ir+3].[Ir].[Ir].[Ir].[Ir].[c-]1ccccc1-c1nccn1-c1ccccc1.[c-]1ccccc1N1C=CN(c2ccccc2)[CH-]1. The summed E-state index contributed by atoms with van der Waals surface area (Å²) in [6.07, 6.45) is 20.6. The third-order valence-electron chi connectivity index (χ3n) is 13.8. The Morgan fingerprint density at radius 3 is 1.26 bits per heavy atom. The van der Waals surface area contributed by atoms with E-state index in [9.17, 15) is 8.78 Å². The van der Waals surface area contributed by atoms with Crippen molar-refractivity contribution in [1.82, 2.24) is 48.2 Å². The molecule has 1 aliphatic heterocycles. The van der Waals surface area contributed by atoms with E-state index in [1.165, 1.54) is 23.0 Å². The van der Waals surface area contributed by atoms with Gasteiger partial charge in [0.05, 0.1) is 23.3 Å². The summed E-state index contributed by atoms with van der Waals surface area (Å²) in [7, 11) is 3.95. The van der Waals surface area contributed by atoms with E-state index in [1.807, 2.05) is 242 Å². The number of anilines is 2. The molecule has 4 radical (unpaired) electrons. The number of nitrogens with zero attached hydrogens (tertiary/aromatic N) is 12. The molecule has 0 bridgehead atoms. The Hall–Kier alpha value is -8.65. The van der Waals surface area contributed by atoms with E-state index in [-0.39, 0.29) is 106 Å². The topological polar surface area (TPSA) is 104 Å². The largest absolute Gasteiger partial charge is 3.00 e. The van der Waals surface area contributed by atoms with Crippen LogP contribution in [-0.4, -0.2) is 48.2 Å². The van der Waals surface area contributed by atoms with Gasteiger partial charge in [-0.25, -0.2) is 8.78 Å². The third-order valence-corrected chi connectivity index (χ3v) is 13.8. The van der Waals surface area contributed by atoms with Gasteiger partial charge in [-0.3, -0.25) is 24.9 Å². The van der Waals surface area contributed by atoms with E-state index in [4.69, 9.17) is 0 Å². The van der Waals surface area contributed by atoms with Crippen LogP contribution in [0.25, 0.3) is 68.2 Å². The standard InChI is InChI=1S/C17H15N2.C15H12N2.C15H11N2.C10H5F2N2.2C10H9N2.5Ir/c1-13-7-6-8-14(2)16(13)19-12-11-18-17(19)15-9-4-3-5-10-15;1-3-7-14(8-4-1)16-11-12-17(13-16)15-9-5-2-6-10-15;1-3-7-13(8-4-1)15-16-11-12-17(15)14-9-5-2-6-10-14;11-9-5-4-7(10(12)14-9)8-3-1-2-6-13-8;2*1-12-8-7-11-10(12)9-5-3-2-4-6-9;;;;;/h3-9,11-12H,1-2H3;1-9,11-13H;1-7,9-12H;1-3,5-6H;2*2-5,7-8H,1H3;;;;;/q-1;-2;4*-1;;;;;+3. The van der Waals surface area contributed by atoms with Crippen molar-refractivity contribution in [3.63, 3.8) is 0 Å². The predicted octanol–water partition coefficient (Wildman–Crippen LogP) is 16.7. The Morgan fingerprint density at radius 1 is 0.385 bits per heavy atom. The van der Waals surface area contributed by atoms with Crippen LogP contribution >= 0.6 is 0 Å². The number of aromatic nitrogens is 10. The van der Waals surface area contributed by atoms with Crippen LogP contribution in [0.15, 0.2) is 293 Å². The van der Waals surface area contributed by atoms with E-state index in [1.54, 1.807) is 30.6 Å². The van der Waals surface area contributed by atoms with E-state index in [2.05, 4.69) is 137 Å². The second kappa shape index (κ2) is 40.7. The number of imidazole rings is 4. The van der Waals surface area contributed by atoms with Gasteiger partial charge in [-0.2, -0.15) is 30.3 Å². The van der Waals surface area contributed by atoms with Crippen molar-refractivity contribution in [2.24, 2.45) is 14.1 Å². The Labute approximate surface area is 627 Å². The van der Waals surface area contributed by atoms with Crippen molar-refractivity contribution in [2.45, 2.75) is 13.8 Å². The number of pyridine rings is 2. The molecule has 7 heterocycles. The zero-order valence-electron chi connectivity index (χ0n) is 52.1. The summed E-state index contributed by atoms with van der Waals surface area (Å²) in [5.74, 6) is 1.96. The normalized spacial score (nSPS) is 10.5. The molecule has 19 heteroatoms. The minimum atomic E-state index is -0.899. The molecule has 1 aliphatic rings. The van der Waals surface area contributed by atoms with Crippen molar-refractivity contribution in [2.75, 3.05) is 9.80 Å². The van der Waals surface area contributed by atoms with E-state index in [0.717, 1.165) is 68.7 Å². The molecule has 12 nitrogen and oxygen atoms in total. The average molecular weight is 2150 g/mol. The number of rotatable bonds is 9. The van der Waals surface area contributed by atoms with Crippen LogP contribution in [0.5, 0.6) is 0 Å². The number of para-hydroxylation sites is 4. The van der Waals surface area contributed by atoms with Gasteiger partial charge in [0.25, 0.3) is 0 Å². The van der Waals surface area contributed by atoms with Gasteiger partial charge >= 0.3 is 20.1 Å². The summed E-state index contributed by atoms with van der Waals surface area (Å²) in [4.78, 5) is 28.4. The minimum Gasteiger partial charge on any atom is -0.500 e. The molecule has 96 heavy (non-hydrogen) atoms. The summed E-state index contributed by atoms with van der Waals surface area (Å²) < 4.78 is 33.7. The minimum absolute atomic E-state index is 0. The van der Waals surface area contributed by atoms with Crippen LogP contribution in [-0.2, 0) is 115 Å². The van der Waals surface area contributed by atoms with Crippen LogP contribution in [0.3, 0.4) is 0 Å². The maximum Gasteiger partial charge on any atom is 3.00 e. The molecule has 15 rings (SSSR count). The Bertz CT molecular complexity index is 4280. The van der Waals surface area contributed by atoms with Gasteiger partial charge in [-0.05, 0) is 73.4 Å². The van der Waals surface area contributed by atoms with Crippen molar-refractivity contribution in [1.29, 1.82) is 0 Å². The molecule has 0 atom stereocenters. The van der Waals surface area contributed by atoms with Crippen molar-refractivity contribution >= 4 is 11.4 Å². The number of hydrogen-bond donors (Lipinski definition) is 0. The smallest absolute Gasteiger partial charge is 0.500 e. The van der Waals surface area contributed by atoms with Gasteiger partial charge in [-0.15, -0.1) is 162 Å². The molecule has 14 aromatic rings. The molecular weight excluding hydrogens is 2090 g/mol. The summed E-state index contributed by atoms with van der Waals surface area (Å²) >= 11 is 0. The summed E-state index contributed by atoms with van der Waals surface area (Å²) in [5, 5.41) is 0. The molecule has 0 fully saturated rings. The molecule has 492 valence electrons. The van der Waals surface area contributed by atoms with Gasteiger partial charge in [0.15, 0.2) is 0 Å². The fourth-order valence-electron chi connectivity index (χ4n) is 9.41. The molecule has 0 amide bonds. The Balaban J connectivity index is 0.000000208. The van der Waals surface area contributed by atoms with E-state index in [0.29, 0.717) is 5.69 Å². The third kappa shape index (κ3) is 21.7. The fraction of sp³-hybridized carbons (Fsp3) is 0.0519. The molecule has 0 saturated heterocycles. The Kier molecular flexibility index (Phi) is 33.1. The second-order valence-corrected chi connectivity index (χ2v) is 20.1. The molecule has 0 N–H and O–H groups in total. The summed E-state index contributed by atoms with van der Waals surface area (Å²) in [6.45, 7) is 6.29. The van der Waals surface area contributed by atoms with Gasteiger partial charge < -0.3 is 33.1 Å². The van der Waals surface area contributed by atoms with Crippen molar-refractivity contribution in [3.05, 3.63) is 359 Å². The maximum absolute atomic E-state index is 13.1. The molecule has 6 aromatic heterocycles. The van der Waals surface area contributed by atoms with Gasteiger partial charge in [0.2, 0.25) is 0 Å². The number of hydrogen-bond acceptors (Lipinski definition) is 8. The molecule has 8 aromatic carbocycles. The maximum atomic E-state index is 13.1. The molecule has 0 saturated carbocycles. The first-order valence-electron chi connectivity index (χ1n) is 29.0. The molecular formula is C77H61F2Ir5N12-4. The van der Waals surface area contributed by atoms with Gasteiger partial charge in [0, 0.05) is 167 Å². The molecule has 0 unspecified atom stereocenters. The Morgan fingerprint density at radius 2 is 0.812 bits per heavy atom. The zero-order chi connectivity index (χ0) is 63.0. The second-order valence-electron chi connectivity index (χ2n) is 20.1. The number of aryl methyl sites for hydroxylation is 4. The first kappa shape index (κ1) is 78.0. The van der Waals surface area contributed by atoms with Crippen molar-refractivity contribution in [3.8, 4) is 68.2 Å². The monoisotopic (exact) mass is 2160 g/mol. The quantitative estimate of drug-likeness (QED) is 0.104. The van der Waals surface area contributed by atoms with Crippen LogP contribution in [0.1, 0.15) is 11.1 Å². The summed E-state index contributed by atoms with van der Waals surface area (Å²) in [5.41, 5.74) is 11.5. The first-order valence-corrected chi connectivity index (χ1v) is 29.0. The van der Waals surface area contributed by atoms with Crippen LogP contribution < -0.4 is 9.80 Å². The number of halogens is 2. The first-order chi connectivity index (χ1) is 44.7. The zero-order valence-corrected chi connectivity index (χ0v) is 64.1. The fourth-order valence-corrected chi connectivity index (χ4v) is 9.41. The van der Waals surface area contributed by atoms with Crippen molar-refractivity contribution < 1.29 is 109 Å². The van der Waals surface area contributed by atoms with Crippen LogP contribution in [0.4, 0.5) is 20.2 Å². The molecule has 0 aliphatic carbocycles.